The maximum absolute atomic E-state index is 11.8. The van der Waals surface area contributed by atoms with Gasteiger partial charge in [0, 0.05) is 21.9 Å². The number of benzene rings is 1. The Morgan fingerprint density at radius 2 is 1.91 bits per heavy atom. The highest BCUT2D eigenvalue weighted by Gasteiger charge is 2.29. The Labute approximate surface area is 140 Å². The first-order chi connectivity index (χ1) is 10.2. The van der Waals surface area contributed by atoms with Gasteiger partial charge in [-0.15, -0.1) is 0 Å². The third-order valence-electron chi connectivity index (χ3n) is 2.19. The molecule has 0 saturated heterocycles. The van der Waals surface area contributed by atoms with Gasteiger partial charge in [-0.25, -0.2) is 4.79 Å². The van der Waals surface area contributed by atoms with Crippen LogP contribution in [0.1, 0.15) is 6.42 Å². The summed E-state index contributed by atoms with van der Waals surface area (Å²) in [4.78, 5) is 22.6. The Morgan fingerprint density at radius 3 is 2.50 bits per heavy atom. The number of alkyl halides is 3. The molecule has 0 saturated carbocycles. The number of halogens is 5. The van der Waals surface area contributed by atoms with Gasteiger partial charge >= 0.3 is 12.3 Å². The normalized spacial score (nSPS) is 11.0. The van der Waals surface area contributed by atoms with Crippen LogP contribution in [-0.4, -0.2) is 31.3 Å². The molecule has 1 aromatic carbocycles. The molecule has 0 aromatic heterocycles. The van der Waals surface area contributed by atoms with E-state index in [4.69, 9.17) is 0 Å². The number of carbonyl (C=O) groups is 2. The fourth-order valence-electron chi connectivity index (χ4n) is 1.28. The van der Waals surface area contributed by atoms with Crippen molar-refractivity contribution in [1.82, 2.24) is 5.32 Å². The second-order valence-corrected chi connectivity index (χ2v) is 5.81. The van der Waals surface area contributed by atoms with Gasteiger partial charge < -0.3 is 15.4 Å². The molecule has 0 radical (unpaired) electrons. The van der Waals surface area contributed by atoms with Crippen molar-refractivity contribution in [2.45, 2.75) is 12.6 Å². The van der Waals surface area contributed by atoms with Crippen molar-refractivity contribution >= 4 is 49.5 Å². The first-order valence-electron chi connectivity index (χ1n) is 5.89. The van der Waals surface area contributed by atoms with Crippen molar-refractivity contribution < 1.29 is 27.5 Å². The molecule has 1 aromatic rings. The Hall–Kier alpha value is -1.29. The number of rotatable bonds is 5. The van der Waals surface area contributed by atoms with Gasteiger partial charge in [0.2, 0.25) is 5.91 Å². The van der Waals surface area contributed by atoms with Gasteiger partial charge in [0.05, 0.1) is 5.69 Å². The first kappa shape index (κ1) is 18.8. The zero-order valence-electron chi connectivity index (χ0n) is 11.0. The number of hydrogen-bond donors (Lipinski definition) is 2. The summed E-state index contributed by atoms with van der Waals surface area (Å²) in [5.74, 6) is -0.404. The lowest BCUT2D eigenvalue weighted by Crippen LogP contribution is -2.31. The molecule has 0 unspecified atom stereocenters. The molecule has 1 rings (SSSR count). The number of amides is 2. The smallest absolute Gasteiger partial charge is 0.422 e. The highest BCUT2D eigenvalue weighted by atomic mass is 79.9. The van der Waals surface area contributed by atoms with Gasteiger partial charge in [-0.1, -0.05) is 15.9 Å². The van der Waals surface area contributed by atoms with Crippen molar-refractivity contribution in [2.24, 2.45) is 0 Å². The number of hydrogen-bond acceptors (Lipinski definition) is 3. The maximum Gasteiger partial charge on any atom is 0.422 e. The molecular formula is C12H11Br2F3N2O3. The van der Waals surface area contributed by atoms with E-state index in [0.29, 0.717) is 10.2 Å². The van der Waals surface area contributed by atoms with E-state index < -0.39 is 24.8 Å². The molecule has 22 heavy (non-hydrogen) atoms. The van der Waals surface area contributed by atoms with Crippen LogP contribution in [0.4, 0.5) is 23.7 Å². The van der Waals surface area contributed by atoms with E-state index in [1.165, 1.54) is 0 Å². The molecule has 2 amide bonds. The van der Waals surface area contributed by atoms with E-state index in [0.717, 1.165) is 4.47 Å². The average molecular weight is 448 g/mol. The molecule has 0 spiro atoms. The molecule has 0 heterocycles. The molecule has 2 N–H and O–H groups in total. The van der Waals surface area contributed by atoms with E-state index in [-0.39, 0.29) is 13.0 Å². The van der Waals surface area contributed by atoms with E-state index >= 15 is 0 Å². The summed E-state index contributed by atoms with van der Waals surface area (Å²) in [5, 5.41) is 4.64. The molecular weight excluding hydrogens is 437 g/mol. The van der Waals surface area contributed by atoms with Crippen LogP contribution in [0, 0.1) is 0 Å². The molecule has 0 aliphatic heterocycles. The quantitative estimate of drug-likeness (QED) is 0.720. The lowest BCUT2D eigenvalue weighted by molar-refractivity contribution is -0.160. The molecule has 0 bridgehead atoms. The molecule has 0 aliphatic carbocycles. The molecule has 5 nitrogen and oxygen atoms in total. The minimum absolute atomic E-state index is 0.108. The van der Waals surface area contributed by atoms with Gasteiger partial charge in [0.15, 0.2) is 6.61 Å². The number of anilines is 1. The van der Waals surface area contributed by atoms with Gasteiger partial charge in [0.1, 0.15) is 0 Å². The number of alkyl carbamates (subject to hydrolysis) is 1. The number of carbonyl (C=O) groups excluding carboxylic acids is 2. The summed E-state index contributed by atoms with van der Waals surface area (Å²) in [6.45, 7) is -1.81. The summed E-state index contributed by atoms with van der Waals surface area (Å²) in [5.41, 5.74) is 0.535. The van der Waals surface area contributed by atoms with Gasteiger partial charge in [0.25, 0.3) is 0 Å². The molecule has 0 atom stereocenters. The van der Waals surface area contributed by atoms with E-state index in [1.54, 1.807) is 18.2 Å². The monoisotopic (exact) mass is 446 g/mol. The standard InChI is InChI=1S/C12H11Br2F3N2O3/c13-7-1-2-9(8(14)5-7)19-10(20)3-4-18-11(21)22-6-12(15,16)17/h1-2,5H,3-4,6H2,(H,18,21)(H,19,20). The van der Waals surface area contributed by atoms with E-state index in [2.05, 4.69) is 47.2 Å². The average Bonchev–Trinajstić information content (AvgIpc) is 2.39. The molecule has 0 fully saturated rings. The summed E-state index contributed by atoms with van der Waals surface area (Å²) >= 11 is 6.53. The van der Waals surface area contributed by atoms with Gasteiger partial charge in [-0.2, -0.15) is 13.2 Å². The maximum atomic E-state index is 11.8. The third kappa shape index (κ3) is 7.64. The lowest BCUT2D eigenvalue weighted by atomic mass is 10.3. The van der Waals surface area contributed by atoms with Crippen molar-refractivity contribution in [3.63, 3.8) is 0 Å². The third-order valence-corrected chi connectivity index (χ3v) is 3.34. The fraction of sp³-hybridized carbons (Fsp3) is 0.333. The zero-order chi connectivity index (χ0) is 16.8. The Kier molecular flexibility index (Phi) is 7.14. The van der Waals surface area contributed by atoms with Crippen LogP contribution in [0.15, 0.2) is 27.1 Å². The minimum Gasteiger partial charge on any atom is -0.440 e. The predicted molar refractivity (Wildman–Crippen MR) is 80.5 cm³/mol. The topological polar surface area (TPSA) is 67.4 Å². The Balaban J connectivity index is 2.30. The van der Waals surface area contributed by atoms with Crippen molar-refractivity contribution in [3.05, 3.63) is 27.1 Å². The predicted octanol–water partition coefficient (Wildman–Crippen LogP) is 3.83. The number of ether oxygens (including phenoxy) is 1. The van der Waals surface area contributed by atoms with Crippen LogP contribution in [0.3, 0.4) is 0 Å². The van der Waals surface area contributed by atoms with Crippen LogP contribution in [0.2, 0.25) is 0 Å². The fourth-order valence-corrected chi connectivity index (χ4v) is 2.43. The van der Waals surface area contributed by atoms with Crippen molar-refractivity contribution in [3.8, 4) is 0 Å². The van der Waals surface area contributed by atoms with Crippen molar-refractivity contribution in [2.75, 3.05) is 18.5 Å². The van der Waals surface area contributed by atoms with Crippen molar-refractivity contribution in [1.29, 1.82) is 0 Å². The van der Waals surface area contributed by atoms with E-state index in [9.17, 15) is 22.8 Å². The van der Waals surface area contributed by atoms with Gasteiger partial charge in [-0.3, -0.25) is 4.79 Å². The first-order valence-corrected chi connectivity index (χ1v) is 7.48. The second kappa shape index (κ2) is 8.37. The summed E-state index contributed by atoms with van der Waals surface area (Å²) in [6, 6.07) is 5.13. The second-order valence-electron chi connectivity index (χ2n) is 4.04. The summed E-state index contributed by atoms with van der Waals surface area (Å²) in [6.07, 6.45) is -5.92. The molecule has 122 valence electrons. The zero-order valence-corrected chi connectivity index (χ0v) is 14.1. The van der Waals surface area contributed by atoms with Crippen LogP contribution < -0.4 is 10.6 Å². The van der Waals surface area contributed by atoms with E-state index in [1.807, 2.05) is 0 Å². The minimum atomic E-state index is -4.58. The Morgan fingerprint density at radius 1 is 1.23 bits per heavy atom. The Bertz CT molecular complexity index is 553. The molecule has 10 heteroatoms. The van der Waals surface area contributed by atoms with Gasteiger partial charge in [-0.05, 0) is 34.1 Å². The SMILES string of the molecule is O=C(CCNC(=O)OCC(F)(F)F)Nc1ccc(Br)cc1Br. The van der Waals surface area contributed by atoms with Crippen LogP contribution in [0.25, 0.3) is 0 Å². The van der Waals surface area contributed by atoms with Crippen LogP contribution in [0.5, 0.6) is 0 Å². The lowest BCUT2D eigenvalue weighted by Gasteiger charge is -2.10. The highest BCUT2D eigenvalue weighted by molar-refractivity contribution is 9.11. The van der Waals surface area contributed by atoms with Crippen LogP contribution in [-0.2, 0) is 9.53 Å². The number of nitrogens with one attached hydrogen (secondary N) is 2. The summed E-state index contributed by atoms with van der Waals surface area (Å²) in [7, 11) is 0. The molecule has 0 aliphatic rings. The summed E-state index contributed by atoms with van der Waals surface area (Å²) < 4.78 is 40.8. The highest BCUT2D eigenvalue weighted by Crippen LogP contribution is 2.26. The van der Waals surface area contributed by atoms with Crippen LogP contribution >= 0.6 is 31.9 Å². The largest absolute Gasteiger partial charge is 0.440 e.